The Balaban J connectivity index is 1.49. The molecule has 4 rings (SSSR count). The van der Waals surface area contributed by atoms with Gasteiger partial charge in [0, 0.05) is 28.0 Å². The van der Waals surface area contributed by atoms with Gasteiger partial charge >= 0.3 is 0 Å². The lowest BCUT2D eigenvalue weighted by atomic mass is 10.1. The summed E-state index contributed by atoms with van der Waals surface area (Å²) in [5, 5.41) is 10.4. The van der Waals surface area contributed by atoms with E-state index in [0.29, 0.717) is 27.8 Å². The lowest BCUT2D eigenvalue weighted by Gasteiger charge is -2.03. The van der Waals surface area contributed by atoms with E-state index in [1.807, 2.05) is 48.5 Å². The van der Waals surface area contributed by atoms with Gasteiger partial charge in [-0.2, -0.15) is 5.10 Å². The largest absolute Gasteiger partial charge is 0.321 e. The fraction of sp³-hybridized carbons (Fsp3) is 0. The highest BCUT2D eigenvalue weighted by atomic mass is 35.5. The maximum Gasteiger partial charge on any atom is 0.273 e. The zero-order valence-corrected chi connectivity index (χ0v) is 15.9. The summed E-state index contributed by atoms with van der Waals surface area (Å²) < 4.78 is 0. The van der Waals surface area contributed by atoms with Crippen LogP contribution in [0.1, 0.15) is 21.7 Å². The monoisotopic (exact) mass is 398 g/mol. The van der Waals surface area contributed by atoms with Gasteiger partial charge < -0.3 is 5.32 Å². The molecular weight excluding hydrogens is 384 g/mol. The molecule has 2 heterocycles. The van der Waals surface area contributed by atoms with E-state index in [0.717, 1.165) is 11.1 Å². The molecule has 140 valence electrons. The first-order chi connectivity index (χ1) is 14.2. The van der Waals surface area contributed by atoms with Crippen molar-refractivity contribution in [2.75, 3.05) is 5.32 Å². The molecule has 0 atom stereocenters. The second kappa shape index (κ2) is 8.42. The van der Waals surface area contributed by atoms with Crippen molar-refractivity contribution < 1.29 is 4.79 Å². The summed E-state index contributed by atoms with van der Waals surface area (Å²) in [5.41, 5.74) is 3.93. The highest BCUT2D eigenvalue weighted by Crippen LogP contribution is 2.22. The number of halogens is 1. The number of anilines is 1. The molecule has 4 aromatic rings. The molecule has 29 heavy (non-hydrogen) atoms. The van der Waals surface area contributed by atoms with Crippen molar-refractivity contribution in [3.05, 3.63) is 101 Å². The maximum absolute atomic E-state index is 12.6. The van der Waals surface area contributed by atoms with Gasteiger partial charge in [0.05, 0.1) is 5.69 Å². The van der Waals surface area contributed by atoms with Crippen LogP contribution in [0.3, 0.4) is 0 Å². The quantitative estimate of drug-likeness (QED) is 0.488. The molecule has 2 aromatic heterocycles. The molecule has 0 spiro atoms. The Bertz CT molecular complexity index is 1220. The molecule has 0 unspecified atom stereocenters. The topological polar surface area (TPSA) is 70.7 Å². The molecule has 1 amide bonds. The predicted molar refractivity (Wildman–Crippen MR) is 114 cm³/mol. The van der Waals surface area contributed by atoms with Gasteiger partial charge in [-0.05, 0) is 54.5 Å². The first-order valence-corrected chi connectivity index (χ1v) is 9.21. The van der Waals surface area contributed by atoms with Gasteiger partial charge in [-0.15, -0.1) is 0 Å². The molecule has 0 aliphatic carbocycles. The summed E-state index contributed by atoms with van der Waals surface area (Å²) in [6.45, 7) is 0. The van der Waals surface area contributed by atoms with Crippen LogP contribution in [0.2, 0.25) is 5.02 Å². The van der Waals surface area contributed by atoms with Gasteiger partial charge in [0.1, 0.15) is 11.4 Å². The minimum absolute atomic E-state index is 0.291. The summed E-state index contributed by atoms with van der Waals surface area (Å²) in [7, 11) is 0. The van der Waals surface area contributed by atoms with E-state index in [9.17, 15) is 4.79 Å². The molecule has 2 N–H and O–H groups in total. The van der Waals surface area contributed by atoms with Crippen molar-refractivity contribution in [3.8, 4) is 23.1 Å². The maximum atomic E-state index is 12.6. The molecule has 0 radical (unpaired) electrons. The summed E-state index contributed by atoms with van der Waals surface area (Å²) in [6, 6.07) is 21.9. The van der Waals surface area contributed by atoms with Crippen LogP contribution in [-0.4, -0.2) is 21.1 Å². The number of carbonyl (C=O) groups is 1. The number of H-pyrrole nitrogens is 1. The van der Waals surface area contributed by atoms with Crippen LogP contribution >= 0.6 is 11.6 Å². The van der Waals surface area contributed by atoms with E-state index in [1.165, 1.54) is 0 Å². The van der Waals surface area contributed by atoms with Gasteiger partial charge in [0.2, 0.25) is 0 Å². The van der Waals surface area contributed by atoms with Crippen molar-refractivity contribution in [2.45, 2.75) is 0 Å². The number of aromatic nitrogens is 3. The lowest BCUT2D eigenvalue weighted by molar-refractivity contribution is 0.102. The zero-order chi connectivity index (χ0) is 20.1. The molecule has 0 fully saturated rings. The number of pyridine rings is 1. The molecule has 2 aromatic carbocycles. The van der Waals surface area contributed by atoms with Gasteiger partial charge in [0.25, 0.3) is 5.91 Å². The Labute approximate surface area is 172 Å². The van der Waals surface area contributed by atoms with Crippen LogP contribution in [0.15, 0.2) is 79.0 Å². The highest BCUT2D eigenvalue weighted by molar-refractivity contribution is 6.30. The van der Waals surface area contributed by atoms with Crippen LogP contribution in [-0.2, 0) is 0 Å². The normalized spacial score (nSPS) is 10.1. The van der Waals surface area contributed by atoms with Gasteiger partial charge in [-0.25, -0.2) is 4.98 Å². The highest BCUT2D eigenvalue weighted by Gasteiger charge is 2.11. The average molecular weight is 399 g/mol. The second-order valence-electron chi connectivity index (χ2n) is 6.18. The Morgan fingerprint density at radius 3 is 2.69 bits per heavy atom. The summed E-state index contributed by atoms with van der Waals surface area (Å²) in [6.07, 6.45) is 1.70. The Morgan fingerprint density at radius 1 is 0.966 bits per heavy atom. The lowest BCUT2D eigenvalue weighted by Crippen LogP contribution is -2.12. The van der Waals surface area contributed by atoms with Crippen molar-refractivity contribution in [3.63, 3.8) is 0 Å². The molecule has 0 saturated carbocycles. The van der Waals surface area contributed by atoms with Crippen LogP contribution in [0.25, 0.3) is 11.3 Å². The van der Waals surface area contributed by atoms with Gasteiger partial charge in [-0.3, -0.25) is 9.89 Å². The molecule has 0 bridgehead atoms. The standard InChI is InChI=1S/C23H15ClN4O/c24-18-7-4-6-17(14-18)21-15-22(28-27-21)23(29)26-20-9-3-5-16(13-20)10-11-19-8-1-2-12-25-19/h1-9,12-15H,(H,26,29)(H,27,28). The summed E-state index contributed by atoms with van der Waals surface area (Å²) in [5.74, 6) is 5.76. The number of amides is 1. The van der Waals surface area contributed by atoms with Crippen molar-refractivity contribution >= 4 is 23.2 Å². The number of nitrogens with zero attached hydrogens (tertiary/aromatic N) is 2. The number of carbonyl (C=O) groups excluding carboxylic acids is 1. The van der Waals surface area contributed by atoms with E-state index in [4.69, 9.17) is 11.6 Å². The summed E-state index contributed by atoms with van der Waals surface area (Å²) >= 11 is 6.02. The minimum Gasteiger partial charge on any atom is -0.321 e. The molecule has 6 heteroatoms. The first-order valence-electron chi connectivity index (χ1n) is 8.83. The van der Waals surface area contributed by atoms with Gasteiger partial charge in [0.15, 0.2) is 0 Å². The fourth-order valence-corrected chi connectivity index (χ4v) is 2.87. The van der Waals surface area contributed by atoms with Crippen molar-refractivity contribution in [2.24, 2.45) is 0 Å². The summed E-state index contributed by atoms with van der Waals surface area (Å²) in [4.78, 5) is 16.7. The Kier molecular flexibility index (Phi) is 5.37. The third kappa shape index (κ3) is 4.70. The fourth-order valence-electron chi connectivity index (χ4n) is 2.68. The van der Waals surface area contributed by atoms with Crippen LogP contribution in [0, 0.1) is 11.8 Å². The number of aromatic amines is 1. The number of rotatable bonds is 3. The van der Waals surface area contributed by atoms with E-state index >= 15 is 0 Å². The van der Waals surface area contributed by atoms with E-state index in [2.05, 4.69) is 32.3 Å². The Morgan fingerprint density at radius 2 is 1.86 bits per heavy atom. The van der Waals surface area contributed by atoms with E-state index < -0.39 is 0 Å². The Hall–Kier alpha value is -3.88. The molecule has 5 nitrogen and oxygen atoms in total. The van der Waals surface area contributed by atoms with Crippen LogP contribution in [0.5, 0.6) is 0 Å². The number of hydrogen-bond donors (Lipinski definition) is 2. The number of nitrogens with one attached hydrogen (secondary N) is 2. The second-order valence-corrected chi connectivity index (χ2v) is 6.61. The van der Waals surface area contributed by atoms with Crippen LogP contribution < -0.4 is 5.32 Å². The third-order valence-electron chi connectivity index (χ3n) is 4.06. The molecule has 0 saturated heterocycles. The number of hydrogen-bond acceptors (Lipinski definition) is 3. The average Bonchev–Trinajstić information content (AvgIpc) is 3.24. The van der Waals surface area contributed by atoms with Crippen molar-refractivity contribution in [1.29, 1.82) is 0 Å². The predicted octanol–water partition coefficient (Wildman–Crippen LogP) is 4.78. The molecule has 0 aliphatic heterocycles. The van der Waals surface area contributed by atoms with Gasteiger partial charge in [-0.1, -0.05) is 41.8 Å². The molecular formula is C23H15ClN4O. The SMILES string of the molecule is O=C(Nc1cccc(C#Cc2ccccn2)c1)c1cc(-c2cccc(Cl)c2)n[nH]1. The zero-order valence-electron chi connectivity index (χ0n) is 15.2. The minimum atomic E-state index is -0.291. The number of benzene rings is 2. The first kappa shape index (κ1) is 18.5. The molecule has 0 aliphatic rings. The van der Waals surface area contributed by atoms with Crippen LogP contribution in [0.4, 0.5) is 5.69 Å². The smallest absolute Gasteiger partial charge is 0.273 e. The van der Waals surface area contributed by atoms with E-state index in [1.54, 1.807) is 30.5 Å². The van der Waals surface area contributed by atoms with E-state index in [-0.39, 0.29) is 5.91 Å². The van der Waals surface area contributed by atoms with Crippen molar-refractivity contribution in [1.82, 2.24) is 15.2 Å². The third-order valence-corrected chi connectivity index (χ3v) is 4.30.